The maximum absolute atomic E-state index is 10.6. The molecule has 0 saturated heterocycles. The van der Waals surface area contributed by atoms with Gasteiger partial charge in [0.15, 0.2) is 0 Å². The van der Waals surface area contributed by atoms with Gasteiger partial charge in [-0.25, -0.2) is 4.98 Å². The van der Waals surface area contributed by atoms with Gasteiger partial charge in [0.2, 0.25) is 11.9 Å². The number of anilines is 1. The number of amides is 1. The number of nitrogens with one attached hydrogen (secondary N) is 2. The maximum Gasteiger partial charge on any atom is 0.243 e. The molecule has 2 N–H and O–H groups in total. The molecule has 0 radical (unpaired) electrons. The van der Waals surface area contributed by atoms with Crippen molar-refractivity contribution in [3.8, 4) is 0 Å². The predicted octanol–water partition coefficient (Wildman–Crippen LogP) is 0.573. The third kappa shape index (κ3) is 3.10. The van der Waals surface area contributed by atoms with E-state index < -0.39 is 0 Å². The van der Waals surface area contributed by atoms with Crippen LogP contribution in [-0.2, 0) is 4.79 Å². The number of para-hydroxylation sites is 1. The summed E-state index contributed by atoms with van der Waals surface area (Å²) in [6.07, 6.45) is 0. The highest BCUT2D eigenvalue weighted by Crippen LogP contribution is 2.08. The summed E-state index contributed by atoms with van der Waals surface area (Å²) in [6, 6.07) is 7.53. The van der Waals surface area contributed by atoms with E-state index in [1.165, 1.54) is 6.92 Å². The smallest absolute Gasteiger partial charge is 0.243 e. The van der Waals surface area contributed by atoms with Crippen molar-refractivity contribution in [1.29, 1.82) is 0 Å². The van der Waals surface area contributed by atoms with Gasteiger partial charge < -0.3 is 10.6 Å². The maximum atomic E-state index is 10.6. The van der Waals surface area contributed by atoms with Gasteiger partial charge in [-0.1, -0.05) is 12.1 Å². The number of rotatable bonds is 4. The largest absolute Gasteiger partial charge is 0.355 e. The molecule has 1 amide bonds. The summed E-state index contributed by atoms with van der Waals surface area (Å²) in [7, 11) is 0. The van der Waals surface area contributed by atoms with Gasteiger partial charge >= 0.3 is 0 Å². The summed E-state index contributed by atoms with van der Waals surface area (Å²) in [5.74, 6) is 0.415. The number of aromatic nitrogens is 3. The fourth-order valence-corrected chi connectivity index (χ4v) is 1.37. The lowest BCUT2D eigenvalue weighted by molar-refractivity contribution is -0.118. The van der Waals surface area contributed by atoms with E-state index in [0.717, 1.165) is 11.0 Å². The molecule has 6 heteroatoms. The first kappa shape index (κ1) is 11.3. The highest BCUT2D eigenvalue weighted by molar-refractivity contribution is 5.74. The van der Waals surface area contributed by atoms with Crippen molar-refractivity contribution in [3.63, 3.8) is 0 Å². The molecule has 0 spiro atoms. The standard InChI is InChI=1S/C11H13N5O/c1-8(17)12-6-7-13-11-14-9-4-2-3-5-10(9)15-16-11/h2-5H,6-7H2,1H3,(H,12,17)(H,13,14,16). The third-order valence-electron chi connectivity index (χ3n) is 2.14. The first-order valence-corrected chi connectivity index (χ1v) is 5.33. The fraction of sp³-hybridized carbons (Fsp3) is 0.273. The van der Waals surface area contributed by atoms with E-state index >= 15 is 0 Å². The summed E-state index contributed by atoms with van der Waals surface area (Å²) in [5, 5.41) is 13.6. The van der Waals surface area contributed by atoms with Gasteiger partial charge in [-0.05, 0) is 12.1 Å². The average molecular weight is 231 g/mol. The summed E-state index contributed by atoms with van der Waals surface area (Å²) < 4.78 is 0. The SMILES string of the molecule is CC(=O)NCCNc1nnc2ccccc2n1. The van der Waals surface area contributed by atoms with Crippen molar-refractivity contribution in [1.82, 2.24) is 20.5 Å². The molecular weight excluding hydrogens is 218 g/mol. The third-order valence-corrected chi connectivity index (χ3v) is 2.14. The first-order valence-electron chi connectivity index (χ1n) is 5.33. The Balaban J connectivity index is 1.97. The molecular formula is C11H13N5O. The van der Waals surface area contributed by atoms with Crippen molar-refractivity contribution in [2.75, 3.05) is 18.4 Å². The van der Waals surface area contributed by atoms with Crippen molar-refractivity contribution in [2.24, 2.45) is 0 Å². The van der Waals surface area contributed by atoms with Crippen LogP contribution in [-0.4, -0.2) is 34.2 Å². The molecule has 0 atom stereocenters. The van der Waals surface area contributed by atoms with E-state index in [-0.39, 0.29) is 5.91 Å². The number of carbonyl (C=O) groups is 1. The number of nitrogens with zero attached hydrogens (tertiary/aromatic N) is 3. The van der Waals surface area contributed by atoms with E-state index in [2.05, 4.69) is 25.8 Å². The second-order valence-corrected chi connectivity index (χ2v) is 3.53. The van der Waals surface area contributed by atoms with Gasteiger partial charge in [0.25, 0.3) is 0 Å². The van der Waals surface area contributed by atoms with Gasteiger partial charge in [-0.2, -0.15) is 0 Å². The molecule has 0 unspecified atom stereocenters. The molecule has 1 aromatic heterocycles. The molecule has 0 bridgehead atoms. The van der Waals surface area contributed by atoms with E-state index in [1.54, 1.807) is 0 Å². The molecule has 1 heterocycles. The predicted molar refractivity (Wildman–Crippen MR) is 64.5 cm³/mol. The monoisotopic (exact) mass is 231 g/mol. The minimum atomic E-state index is -0.0515. The lowest BCUT2D eigenvalue weighted by Crippen LogP contribution is -2.26. The highest BCUT2D eigenvalue weighted by Gasteiger charge is 1.99. The number of fused-ring (bicyclic) bond motifs is 1. The molecule has 0 aliphatic heterocycles. The minimum absolute atomic E-state index is 0.0515. The van der Waals surface area contributed by atoms with Crippen molar-refractivity contribution < 1.29 is 4.79 Å². The molecule has 0 saturated carbocycles. The molecule has 0 aliphatic rings. The topological polar surface area (TPSA) is 79.8 Å². The van der Waals surface area contributed by atoms with Crippen molar-refractivity contribution in [3.05, 3.63) is 24.3 Å². The fourth-order valence-electron chi connectivity index (χ4n) is 1.37. The number of hydrogen-bond donors (Lipinski definition) is 2. The van der Waals surface area contributed by atoms with Crippen molar-refractivity contribution >= 4 is 22.9 Å². The summed E-state index contributed by atoms with van der Waals surface area (Å²) in [4.78, 5) is 14.9. The molecule has 88 valence electrons. The number of hydrogen-bond acceptors (Lipinski definition) is 5. The van der Waals surface area contributed by atoms with Crippen LogP contribution in [0.15, 0.2) is 24.3 Å². The second-order valence-electron chi connectivity index (χ2n) is 3.53. The Labute approximate surface area is 98.5 Å². The summed E-state index contributed by atoms with van der Waals surface area (Å²) in [6.45, 7) is 2.58. The minimum Gasteiger partial charge on any atom is -0.355 e. The molecule has 6 nitrogen and oxygen atoms in total. The summed E-state index contributed by atoms with van der Waals surface area (Å²) >= 11 is 0. The normalized spacial score (nSPS) is 10.2. The lowest BCUT2D eigenvalue weighted by Gasteiger charge is -2.04. The second kappa shape index (κ2) is 5.20. The lowest BCUT2D eigenvalue weighted by atomic mass is 10.3. The van der Waals surface area contributed by atoms with E-state index in [0.29, 0.717) is 19.0 Å². The van der Waals surface area contributed by atoms with Gasteiger partial charge in [-0.3, -0.25) is 4.79 Å². The zero-order valence-corrected chi connectivity index (χ0v) is 9.47. The first-order chi connectivity index (χ1) is 8.25. The Bertz CT molecular complexity index is 528. The Morgan fingerprint density at radius 1 is 1.18 bits per heavy atom. The quantitative estimate of drug-likeness (QED) is 0.752. The Morgan fingerprint density at radius 2 is 1.94 bits per heavy atom. The molecule has 2 aromatic rings. The van der Waals surface area contributed by atoms with Crippen LogP contribution in [0.4, 0.5) is 5.95 Å². The van der Waals surface area contributed by atoms with Crippen LogP contribution < -0.4 is 10.6 Å². The molecule has 17 heavy (non-hydrogen) atoms. The Hall–Kier alpha value is -2.24. The number of benzene rings is 1. The summed E-state index contributed by atoms with van der Waals surface area (Å²) in [5.41, 5.74) is 1.56. The van der Waals surface area contributed by atoms with Crippen LogP contribution in [0.1, 0.15) is 6.92 Å². The van der Waals surface area contributed by atoms with Gasteiger partial charge in [0.05, 0.1) is 5.52 Å². The van der Waals surface area contributed by atoms with Crippen LogP contribution in [0.25, 0.3) is 11.0 Å². The van der Waals surface area contributed by atoms with Crippen LogP contribution in [0.5, 0.6) is 0 Å². The number of carbonyl (C=O) groups excluding carboxylic acids is 1. The van der Waals surface area contributed by atoms with Crippen LogP contribution in [0.2, 0.25) is 0 Å². The zero-order valence-electron chi connectivity index (χ0n) is 9.47. The zero-order chi connectivity index (χ0) is 12.1. The Kier molecular flexibility index (Phi) is 3.44. The van der Waals surface area contributed by atoms with Crippen LogP contribution in [0, 0.1) is 0 Å². The Morgan fingerprint density at radius 3 is 2.71 bits per heavy atom. The molecule has 2 rings (SSSR count). The molecule has 1 aromatic carbocycles. The van der Waals surface area contributed by atoms with E-state index in [4.69, 9.17) is 0 Å². The van der Waals surface area contributed by atoms with Crippen LogP contribution in [0.3, 0.4) is 0 Å². The average Bonchev–Trinajstić information content (AvgIpc) is 2.34. The molecule has 0 aliphatic carbocycles. The van der Waals surface area contributed by atoms with E-state index in [9.17, 15) is 4.79 Å². The van der Waals surface area contributed by atoms with Crippen LogP contribution >= 0.6 is 0 Å². The van der Waals surface area contributed by atoms with E-state index in [1.807, 2.05) is 24.3 Å². The van der Waals surface area contributed by atoms with Gasteiger partial charge in [0.1, 0.15) is 5.52 Å². The van der Waals surface area contributed by atoms with Crippen molar-refractivity contribution in [2.45, 2.75) is 6.92 Å². The van der Waals surface area contributed by atoms with Gasteiger partial charge in [0, 0.05) is 20.0 Å². The molecule has 0 fully saturated rings. The highest BCUT2D eigenvalue weighted by atomic mass is 16.1. The van der Waals surface area contributed by atoms with Gasteiger partial charge in [-0.15, -0.1) is 10.2 Å².